The molecule has 0 aliphatic rings. The van der Waals surface area contributed by atoms with Crippen molar-refractivity contribution in [2.75, 3.05) is 11.9 Å². The SMILES string of the molecule is Cc1c(Cl)cccc1NC(=O)COc1ccc(Cl)cc1C(N)=O. The molecule has 0 heterocycles. The highest BCUT2D eigenvalue weighted by Gasteiger charge is 2.13. The Hall–Kier alpha value is -2.24. The van der Waals surface area contributed by atoms with E-state index in [-0.39, 0.29) is 23.8 Å². The first kappa shape index (κ1) is 17.1. The third-order valence-corrected chi connectivity index (χ3v) is 3.75. The van der Waals surface area contributed by atoms with Crippen LogP contribution in [-0.4, -0.2) is 18.4 Å². The van der Waals surface area contributed by atoms with Gasteiger partial charge in [0.1, 0.15) is 5.75 Å². The molecular formula is C16H14Cl2N2O3. The van der Waals surface area contributed by atoms with Crippen LogP contribution >= 0.6 is 23.2 Å². The molecule has 2 rings (SSSR count). The molecule has 0 unspecified atom stereocenters. The van der Waals surface area contributed by atoms with Crippen LogP contribution < -0.4 is 15.8 Å². The summed E-state index contributed by atoms with van der Waals surface area (Å²) in [4.78, 5) is 23.3. The maximum absolute atomic E-state index is 12.0. The Morgan fingerprint density at radius 3 is 2.65 bits per heavy atom. The summed E-state index contributed by atoms with van der Waals surface area (Å²) in [5.41, 5.74) is 6.72. The van der Waals surface area contributed by atoms with E-state index in [9.17, 15) is 9.59 Å². The van der Waals surface area contributed by atoms with Gasteiger partial charge in [0.25, 0.3) is 11.8 Å². The van der Waals surface area contributed by atoms with Crippen LogP contribution in [0.3, 0.4) is 0 Å². The molecule has 120 valence electrons. The molecule has 2 aromatic rings. The topological polar surface area (TPSA) is 81.4 Å². The number of halogens is 2. The number of carbonyl (C=O) groups is 2. The summed E-state index contributed by atoms with van der Waals surface area (Å²) in [5, 5.41) is 3.60. The van der Waals surface area contributed by atoms with Gasteiger partial charge >= 0.3 is 0 Å². The van der Waals surface area contributed by atoms with E-state index >= 15 is 0 Å². The lowest BCUT2D eigenvalue weighted by atomic mass is 10.2. The summed E-state index contributed by atoms with van der Waals surface area (Å²) in [6.45, 7) is 1.51. The van der Waals surface area contributed by atoms with Crippen LogP contribution in [0.1, 0.15) is 15.9 Å². The van der Waals surface area contributed by atoms with E-state index in [0.717, 1.165) is 5.56 Å². The normalized spacial score (nSPS) is 10.2. The zero-order valence-corrected chi connectivity index (χ0v) is 13.7. The number of hydrogen-bond acceptors (Lipinski definition) is 3. The maximum Gasteiger partial charge on any atom is 0.262 e. The van der Waals surface area contributed by atoms with Crippen molar-refractivity contribution in [3.8, 4) is 5.75 Å². The van der Waals surface area contributed by atoms with Crippen molar-refractivity contribution in [3.05, 3.63) is 57.6 Å². The lowest BCUT2D eigenvalue weighted by molar-refractivity contribution is -0.118. The highest BCUT2D eigenvalue weighted by molar-refractivity contribution is 6.32. The molecule has 2 aromatic carbocycles. The smallest absolute Gasteiger partial charge is 0.262 e. The summed E-state index contributed by atoms with van der Waals surface area (Å²) in [7, 11) is 0. The van der Waals surface area contributed by atoms with Crippen LogP contribution in [0.2, 0.25) is 10.0 Å². The lowest BCUT2D eigenvalue weighted by Crippen LogP contribution is -2.22. The molecule has 0 aliphatic carbocycles. The number of carbonyl (C=O) groups excluding carboxylic acids is 2. The summed E-state index contributed by atoms with van der Waals surface area (Å²) in [5.74, 6) is -0.880. The lowest BCUT2D eigenvalue weighted by Gasteiger charge is -2.12. The Morgan fingerprint density at radius 2 is 1.96 bits per heavy atom. The van der Waals surface area contributed by atoms with Gasteiger partial charge in [0, 0.05) is 15.7 Å². The van der Waals surface area contributed by atoms with Gasteiger partial charge in [0.2, 0.25) is 0 Å². The fraction of sp³-hybridized carbons (Fsp3) is 0.125. The molecular weight excluding hydrogens is 339 g/mol. The number of benzene rings is 2. The maximum atomic E-state index is 12.0. The van der Waals surface area contributed by atoms with Crippen molar-refractivity contribution in [2.24, 2.45) is 5.73 Å². The van der Waals surface area contributed by atoms with Gasteiger partial charge in [0.05, 0.1) is 5.56 Å². The van der Waals surface area contributed by atoms with Gasteiger partial charge in [0.15, 0.2) is 6.61 Å². The highest BCUT2D eigenvalue weighted by Crippen LogP contribution is 2.24. The van der Waals surface area contributed by atoms with Crippen LogP contribution in [0, 0.1) is 6.92 Å². The van der Waals surface area contributed by atoms with Gasteiger partial charge < -0.3 is 15.8 Å². The summed E-state index contributed by atoms with van der Waals surface area (Å²) in [6.07, 6.45) is 0. The van der Waals surface area contributed by atoms with Crippen molar-refractivity contribution in [2.45, 2.75) is 6.92 Å². The van der Waals surface area contributed by atoms with Gasteiger partial charge in [-0.3, -0.25) is 9.59 Å². The molecule has 23 heavy (non-hydrogen) atoms. The molecule has 0 saturated carbocycles. The van der Waals surface area contributed by atoms with Crippen molar-refractivity contribution in [1.82, 2.24) is 0 Å². The number of nitrogens with one attached hydrogen (secondary N) is 1. The number of primary amides is 1. The average Bonchev–Trinajstić information content (AvgIpc) is 2.50. The molecule has 0 bridgehead atoms. The summed E-state index contributed by atoms with van der Waals surface area (Å²) in [6, 6.07) is 9.61. The van der Waals surface area contributed by atoms with Crippen molar-refractivity contribution >= 4 is 40.7 Å². The minimum atomic E-state index is -0.686. The molecule has 0 atom stereocenters. The third kappa shape index (κ3) is 4.37. The van der Waals surface area contributed by atoms with E-state index in [1.165, 1.54) is 12.1 Å². The van der Waals surface area contributed by atoms with Crippen molar-refractivity contribution in [1.29, 1.82) is 0 Å². The fourth-order valence-electron chi connectivity index (χ4n) is 1.89. The first-order chi connectivity index (χ1) is 10.9. The van der Waals surface area contributed by atoms with Gasteiger partial charge in [-0.2, -0.15) is 0 Å². The number of rotatable bonds is 5. The van der Waals surface area contributed by atoms with Gasteiger partial charge in [-0.1, -0.05) is 29.3 Å². The molecule has 0 radical (unpaired) electrons. The predicted octanol–water partition coefficient (Wildman–Crippen LogP) is 3.42. The van der Waals surface area contributed by atoms with E-state index in [4.69, 9.17) is 33.7 Å². The molecule has 0 aromatic heterocycles. The number of ether oxygens (including phenoxy) is 1. The molecule has 0 saturated heterocycles. The number of nitrogens with two attached hydrogens (primary N) is 1. The Bertz CT molecular complexity index is 763. The average molecular weight is 353 g/mol. The number of hydrogen-bond donors (Lipinski definition) is 2. The fourth-order valence-corrected chi connectivity index (χ4v) is 2.24. The first-order valence-electron chi connectivity index (χ1n) is 6.65. The minimum absolute atomic E-state index is 0.115. The summed E-state index contributed by atoms with van der Waals surface area (Å²) >= 11 is 11.8. The molecule has 0 spiro atoms. The van der Waals surface area contributed by atoms with Gasteiger partial charge in [-0.15, -0.1) is 0 Å². The monoisotopic (exact) mass is 352 g/mol. The van der Waals surface area contributed by atoms with Gasteiger partial charge in [-0.05, 0) is 42.8 Å². The summed E-state index contributed by atoms with van der Waals surface area (Å²) < 4.78 is 5.35. The van der Waals surface area contributed by atoms with Crippen LogP contribution in [0.4, 0.5) is 5.69 Å². The van der Waals surface area contributed by atoms with Crippen LogP contribution in [0.25, 0.3) is 0 Å². The second-order valence-electron chi connectivity index (χ2n) is 4.75. The molecule has 7 heteroatoms. The Balaban J connectivity index is 2.05. The van der Waals surface area contributed by atoms with E-state index < -0.39 is 5.91 Å². The van der Waals surface area contributed by atoms with Crippen LogP contribution in [0.5, 0.6) is 5.75 Å². The molecule has 0 aliphatic heterocycles. The largest absolute Gasteiger partial charge is 0.483 e. The predicted molar refractivity (Wildman–Crippen MR) is 90.3 cm³/mol. The number of amides is 2. The van der Waals surface area contributed by atoms with Crippen LogP contribution in [-0.2, 0) is 4.79 Å². The first-order valence-corrected chi connectivity index (χ1v) is 7.41. The molecule has 3 N–H and O–H groups in total. The second-order valence-corrected chi connectivity index (χ2v) is 5.60. The second kappa shape index (κ2) is 7.35. The van der Waals surface area contributed by atoms with Crippen molar-refractivity contribution < 1.29 is 14.3 Å². The Morgan fingerprint density at radius 1 is 1.22 bits per heavy atom. The van der Waals surface area contributed by atoms with Crippen LogP contribution in [0.15, 0.2) is 36.4 Å². The van der Waals surface area contributed by atoms with E-state index in [0.29, 0.717) is 15.7 Å². The minimum Gasteiger partial charge on any atom is -0.483 e. The van der Waals surface area contributed by atoms with E-state index in [1.54, 1.807) is 31.2 Å². The Kier molecular flexibility index (Phi) is 5.47. The quantitative estimate of drug-likeness (QED) is 0.864. The molecule has 0 fully saturated rings. The van der Waals surface area contributed by atoms with E-state index in [1.807, 2.05) is 0 Å². The van der Waals surface area contributed by atoms with Gasteiger partial charge in [-0.25, -0.2) is 0 Å². The standard InChI is InChI=1S/C16H14Cl2N2O3/c1-9-12(18)3-2-4-13(9)20-15(21)8-23-14-6-5-10(17)7-11(14)16(19)22/h2-7H,8H2,1H3,(H2,19,22)(H,20,21). The van der Waals surface area contributed by atoms with E-state index in [2.05, 4.69) is 5.32 Å². The number of anilines is 1. The zero-order chi connectivity index (χ0) is 17.0. The molecule has 5 nitrogen and oxygen atoms in total. The third-order valence-electron chi connectivity index (χ3n) is 3.11. The Labute approximate surface area is 143 Å². The zero-order valence-electron chi connectivity index (χ0n) is 12.2. The van der Waals surface area contributed by atoms with Crippen molar-refractivity contribution in [3.63, 3.8) is 0 Å². The highest BCUT2D eigenvalue weighted by atomic mass is 35.5. The molecule has 2 amide bonds.